The summed E-state index contributed by atoms with van der Waals surface area (Å²) in [6, 6.07) is 3.06. The third kappa shape index (κ3) is 3.07. The molecule has 0 radical (unpaired) electrons. The van der Waals surface area contributed by atoms with Crippen LogP contribution in [0, 0.1) is 16.1 Å². The van der Waals surface area contributed by atoms with Gasteiger partial charge in [0.25, 0.3) is 5.69 Å². The zero-order valence-corrected chi connectivity index (χ0v) is 10.5. The van der Waals surface area contributed by atoms with Crippen molar-refractivity contribution < 1.29 is 14.1 Å². The molecule has 1 aromatic carbocycles. The smallest absolute Gasteiger partial charge is 0.272 e. The largest absolute Gasteiger partial charge is 0.436 e. The molecule has 2 rings (SSSR count). The summed E-state index contributed by atoms with van der Waals surface area (Å²) in [7, 11) is 0. The Labute approximate surface area is 115 Å². The molecule has 0 aliphatic heterocycles. The van der Waals surface area contributed by atoms with Crippen molar-refractivity contribution in [2.75, 3.05) is 0 Å². The third-order valence-corrected chi connectivity index (χ3v) is 2.57. The van der Waals surface area contributed by atoms with Crippen LogP contribution in [0.3, 0.4) is 0 Å². The molecular formula is C10H4Cl2FN3O3. The average molecular weight is 304 g/mol. The van der Waals surface area contributed by atoms with Crippen molar-refractivity contribution in [3.63, 3.8) is 0 Å². The molecule has 0 atom stereocenters. The van der Waals surface area contributed by atoms with E-state index in [0.29, 0.717) is 0 Å². The fourth-order valence-electron chi connectivity index (χ4n) is 1.23. The number of non-ortho nitro benzene ring substituents is 1. The second kappa shape index (κ2) is 5.33. The van der Waals surface area contributed by atoms with Crippen LogP contribution >= 0.6 is 23.2 Å². The molecule has 0 saturated carbocycles. The molecule has 0 spiro atoms. The van der Waals surface area contributed by atoms with Gasteiger partial charge in [0.15, 0.2) is 5.75 Å². The summed E-state index contributed by atoms with van der Waals surface area (Å²) in [6.07, 6.45) is 0.956. The first-order valence-electron chi connectivity index (χ1n) is 4.76. The van der Waals surface area contributed by atoms with Gasteiger partial charge >= 0.3 is 0 Å². The number of ether oxygens (including phenoxy) is 1. The molecule has 0 fully saturated rings. The molecule has 1 heterocycles. The van der Waals surface area contributed by atoms with E-state index in [1.54, 1.807) is 0 Å². The lowest BCUT2D eigenvalue weighted by Crippen LogP contribution is -1.94. The zero-order chi connectivity index (χ0) is 14.0. The third-order valence-electron chi connectivity index (χ3n) is 2.01. The van der Waals surface area contributed by atoms with E-state index >= 15 is 0 Å². The number of aromatic nitrogens is 2. The predicted molar refractivity (Wildman–Crippen MR) is 65.2 cm³/mol. The number of halogens is 3. The standard InChI is InChI=1S/C10H4Cl2FN3O3/c11-6-1-5(16(17)18)2-7(12)10(6)19-9-3-8(13)14-4-15-9/h1-4H. The van der Waals surface area contributed by atoms with Crippen LogP contribution in [0.4, 0.5) is 10.1 Å². The molecule has 1 aromatic heterocycles. The van der Waals surface area contributed by atoms with Gasteiger partial charge in [-0.25, -0.2) is 9.97 Å². The van der Waals surface area contributed by atoms with Gasteiger partial charge in [-0.05, 0) is 0 Å². The van der Waals surface area contributed by atoms with Crippen LogP contribution < -0.4 is 4.74 Å². The summed E-state index contributed by atoms with van der Waals surface area (Å²) in [5.41, 5.74) is -0.281. The lowest BCUT2D eigenvalue weighted by atomic mass is 10.3. The molecular weight excluding hydrogens is 300 g/mol. The summed E-state index contributed by atoms with van der Waals surface area (Å²) in [6.45, 7) is 0. The van der Waals surface area contributed by atoms with Gasteiger partial charge < -0.3 is 4.74 Å². The maximum Gasteiger partial charge on any atom is 0.272 e. The number of hydrogen-bond acceptors (Lipinski definition) is 5. The molecule has 9 heteroatoms. The number of nitro groups is 1. The van der Waals surface area contributed by atoms with Gasteiger partial charge in [0.05, 0.1) is 21.0 Å². The van der Waals surface area contributed by atoms with Crippen LogP contribution in [0.2, 0.25) is 10.0 Å². The second-order valence-corrected chi connectivity index (χ2v) is 4.09. The van der Waals surface area contributed by atoms with Gasteiger partial charge in [0, 0.05) is 12.1 Å². The lowest BCUT2D eigenvalue weighted by Gasteiger charge is -2.08. The maximum absolute atomic E-state index is 12.9. The van der Waals surface area contributed by atoms with Crippen LogP contribution in [0.25, 0.3) is 0 Å². The summed E-state index contributed by atoms with van der Waals surface area (Å²) in [4.78, 5) is 16.9. The number of rotatable bonds is 3. The number of nitro benzene ring substituents is 1. The van der Waals surface area contributed by atoms with Gasteiger partial charge in [0.2, 0.25) is 11.8 Å². The lowest BCUT2D eigenvalue weighted by molar-refractivity contribution is -0.384. The molecule has 0 bridgehead atoms. The highest BCUT2D eigenvalue weighted by molar-refractivity contribution is 6.37. The summed E-state index contributed by atoms with van der Waals surface area (Å²) < 4.78 is 18.0. The molecule has 0 unspecified atom stereocenters. The first-order chi connectivity index (χ1) is 8.97. The topological polar surface area (TPSA) is 78.2 Å². The second-order valence-electron chi connectivity index (χ2n) is 3.28. The van der Waals surface area contributed by atoms with Crippen molar-refractivity contribution >= 4 is 28.9 Å². The molecule has 0 amide bonds. The molecule has 6 nitrogen and oxygen atoms in total. The Morgan fingerprint density at radius 3 is 2.37 bits per heavy atom. The Balaban J connectivity index is 2.38. The van der Waals surface area contributed by atoms with Gasteiger partial charge in [-0.2, -0.15) is 4.39 Å². The van der Waals surface area contributed by atoms with Crippen molar-refractivity contribution in [3.05, 3.63) is 50.6 Å². The SMILES string of the molecule is O=[N+]([O-])c1cc(Cl)c(Oc2cc(F)ncn2)c(Cl)c1. The van der Waals surface area contributed by atoms with Crippen LogP contribution in [-0.2, 0) is 0 Å². The van der Waals surface area contributed by atoms with Gasteiger partial charge in [0.1, 0.15) is 6.33 Å². The van der Waals surface area contributed by atoms with Crippen LogP contribution in [0.15, 0.2) is 24.5 Å². The first-order valence-corrected chi connectivity index (χ1v) is 5.52. The van der Waals surface area contributed by atoms with Crippen molar-refractivity contribution in [1.29, 1.82) is 0 Å². The molecule has 0 saturated heterocycles. The summed E-state index contributed by atoms with van der Waals surface area (Å²) in [5, 5.41) is 10.4. The van der Waals surface area contributed by atoms with Crippen LogP contribution in [0.5, 0.6) is 11.6 Å². The van der Waals surface area contributed by atoms with Crippen LogP contribution in [0.1, 0.15) is 0 Å². The van der Waals surface area contributed by atoms with Crippen molar-refractivity contribution in [2.45, 2.75) is 0 Å². The molecule has 0 N–H and O–H groups in total. The Morgan fingerprint density at radius 2 is 1.84 bits per heavy atom. The van der Waals surface area contributed by atoms with E-state index in [1.807, 2.05) is 0 Å². The predicted octanol–water partition coefficient (Wildman–Crippen LogP) is 3.62. The Hall–Kier alpha value is -1.99. The summed E-state index contributed by atoms with van der Waals surface area (Å²) >= 11 is 11.6. The van der Waals surface area contributed by atoms with E-state index in [0.717, 1.165) is 24.5 Å². The number of nitrogens with zero attached hydrogens (tertiary/aromatic N) is 3. The molecule has 98 valence electrons. The van der Waals surface area contributed by atoms with Gasteiger partial charge in [-0.15, -0.1) is 0 Å². The minimum atomic E-state index is -0.792. The Morgan fingerprint density at radius 1 is 1.21 bits per heavy atom. The quantitative estimate of drug-likeness (QED) is 0.491. The highest BCUT2D eigenvalue weighted by Gasteiger charge is 2.17. The van der Waals surface area contributed by atoms with E-state index < -0.39 is 10.9 Å². The maximum atomic E-state index is 12.9. The first kappa shape index (κ1) is 13.4. The average Bonchev–Trinajstić information content (AvgIpc) is 2.33. The van der Waals surface area contributed by atoms with Crippen molar-refractivity contribution in [2.24, 2.45) is 0 Å². The fraction of sp³-hybridized carbons (Fsp3) is 0. The highest BCUT2D eigenvalue weighted by Crippen LogP contribution is 2.38. The van der Waals surface area contributed by atoms with E-state index in [9.17, 15) is 14.5 Å². The highest BCUT2D eigenvalue weighted by atomic mass is 35.5. The van der Waals surface area contributed by atoms with E-state index in [-0.39, 0.29) is 27.4 Å². The zero-order valence-electron chi connectivity index (χ0n) is 9.01. The Bertz CT molecular complexity index is 631. The number of hydrogen-bond donors (Lipinski definition) is 0. The van der Waals surface area contributed by atoms with Gasteiger partial charge in [-0.3, -0.25) is 10.1 Å². The molecule has 0 aliphatic carbocycles. The van der Waals surface area contributed by atoms with E-state index in [4.69, 9.17) is 27.9 Å². The monoisotopic (exact) mass is 303 g/mol. The molecule has 19 heavy (non-hydrogen) atoms. The Kier molecular flexibility index (Phi) is 3.77. The van der Waals surface area contributed by atoms with E-state index in [1.165, 1.54) is 0 Å². The fourth-order valence-corrected chi connectivity index (χ4v) is 1.78. The normalized spacial score (nSPS) is 10.3. The minimum absolute atomic E-state index is 0.0490. The molecule has 2 aromatic rings. The van der Waals surface area contributed by atoms with Crippen molar-refractivity contribution in [1.82, 2.24) is 9.97 Å². The minimum Gasteiger partial charge on any atom is -0.436 e. The van der Waals surface area contributed by atoms with Crippen molar-refractivity contribution in [3.8, 4) is 11.6 Å². The van der Waals surface area contributed by atoms with Gasteiger partial charge in [-0.1, -0.05) is 23.2 Å². The van der Waals surface area contributed by atoms with E-state index in [2.05, 4.69) is 9.97 Å². The van der Waals surface area contributed by atoms with Crippen LogP contribution in [-0.4, -0.2) is 14.9 Å². The number of benzene rings is 1. The summed E-state index contributed by atoms with van der Waals surface area (Å²) in [5.74, 6) is -0.962. The molecule has 0 aliphatic rings.